The van der Waals surface area contributed by atoms with Crippen LogP contribution in [0.5, 0.6) is 5.75 Å². The smallest absolute Gasteiger partial charge is 0.204 e. The Morgan fingerprint density at radius 3 is 2.48 bits per heavy atom. The average Bonchev–Trinajstić information content (AvgIpc) is 3.00. The topological polar surface area (TPSA) is 79.3 Å². The van der Waals surface area contributed by atoms with Gasteiger partial charge in [0.1, 0.15) is 6.33 Å². The quantitative estimate of drug-likeness (QED) is 0.682. The van der Waals surface area contributed by atoms with Crippen molar-refractivity contribution in [2.75, 3.05) is 37.4 Å². The summed E-state index contributed by atoms with van der Waals surface area (Å²) in [5, 5.41) is 16.3. The molecule has 0 saturated heterocycles. The van der Waals surface area contributed by atoms with E-state index >= 15 is 0 Å². The van der Waals surface area contributed by atoms with E-state index in [1.165, 1.54) is 19.2 Å². The second-order valence-corrected chi connectivity index (χ2v) is 5.75. The Morgan fingerprint density at radius 1 is 1.24 bits per heavy atom. The molecule has 1 aromatic rings. The van der Waals surface area contributed by atoms with E-state index in [0.717, 1.165) is 25.8 Å². The van der Waals surface area contributed by atoms with Gasteiger partial charge in [-0.3, -0.25) is 0 Å². The number of hydrogen-bond acceptors (Lipinski definition) is 6. The van der Waals surface area contributed by atoms with Crippen LogP contribution in [0.25, 0.3) is 0 Å². The molecule has 118 valence electrons. The molecule has 3 N–H and O–H groups in total. The van der Waals surface area contributed by atoms with Crippen molar-refractivity contribution in [3.05, 3.63) is 6.33 Å². The van der Waals surface area contributed by atoms with Gasteiger partial charge < -0.3 is 20.5 Å². The Bertz CT molecular complexity index is 447. The maximum Gasteiger partial charge on any atom is 0.204 e. The van der Waals surface area contributed by atoms with Crippen LogP contribution in [-0.4, -0.2) is 41.9 Å². The molecule has 6 nitrogen and oxygen atoms in total. The van der Waals surface area contributed by atoms with Crippen molar-refractivity contribution in [2.45, 2.75) is 39.0 Å². The number of rotatable bonds is 8. The highest BCUT2D eigenvalue weighted by atomic mass is 16.5. The number of anilines is 2. The van der Waals surface area contributed by atoms with E-state index in [-0.39, 0.29) is 12.0 Å². The fourth-order valence-corrected chi connectivity index (χ4v) is 2.85. The van der Waals surface area contributed by atoms with E-state index in [1.807, 2.05) is 0 Å². The third-order valence-electron chi connectivity index (χ3n) is 4.18. The first kappa shape index (κ1) is 15.8. The van der Waals surface area contributed by atoms with Gasteiger partial charge in [0.2, 0.25) is 5.75 Å². The lowest BCUT2D eigenvalue weighted by atomic mass is 9.87. The Hall–Kier alpha value is -1.56. The van der Waals surface area contributed by atoms with Crippen molar-refractivity contribution in [3.8, 4) is 5.75 Å². The molecule has 0 aliphatic heterocycles. The monoisotopic (exact) mass is 294 g/mol. The first-order valence-electron chi connectivity index (χ1n) is 7.72. The van der Waals surface area contributed by atoms with Gasteiger partial charge in [0.25, 0.3) is 0 Å². The van der Waals surface area contributed by atoms with E-state index < -0.39 is 0 Å². The minimum atomic E-state index is -0.0209. The number of aromatic nitrogens is 2. The molecule has 2 rings (SSSR count). The van der Waals surface area contributed by atoms with Gasteiger partial charge in [-0.05, 0) is 19.3 Å². The molecule has 0 radical (unpaired) electrons. The second kappa shape index (κ2) is 7.45. The van der Waals surface area contributed by atoms with Crippen molar-refractivity contribution in [1.82, 2.24) is 9.97 Å². The maximum absolute atomic E-state index is 9.68. The third-order valence-corrected chi connectivity index (χ3v) is 4.18. The van der Waals surface area contributed by atoms with Gasteiger partial charge in [0, 0.05) is 18.5 Å². The standard InChI is InChI=1S/C15H26N4O2/c1-3-8-16-13-12(21-2)14(19-11-18-13)17-9-15(10-20)6-4-5-7-15/h11,20H,3-10H2,1-2H3,(H2,16,17,18,19). The van der Waals surface area contributed by atoms with E-state index in [9.17, 15) is 5.11 Å². The molecule has 0 spiro atoms. The predicted octanol–water partition coefficient (Wildman–Crippen LogP) is 2.27. The van der Waals surface area contributed by atoms with Crippen molar-refractivity contribution in [3.63, 3.8) is 0 Å². The van der Waals surface area contributed by atoms with Crippen LogP contribution in [0.2, 0.25) is 0 Å². The molecule has 0 bridgehead atoms. The minimum Gasteiger partial charge on any atom is -0.490 e. The first-order chi connectivity index (χ1) is 10.2. The summed E-state index contributed by atoms with van der Waals surface area (Å²) in [7, 11) is 1.62. The Morgan fingerprint density at radius 2 is 1.90 bits per heavy atom. The normalized spacial score (nSPS) is 16.7. The van der Waals surface area contributed by atoms with Crippen LogP contribution in [0, 0.1) is 5.41 Å². The molecule has 1 aromatic heterocycles. The van der Waals surface area contributed by atoms with Gasteiger partial charge >= 0.3 is 0 Å². The largest absolute Gasteiger partial charge is 0.490 e. The summed E-state index contributed by atoms with van der Waals surface area (Å²) in [6, 6.07) is 0. The number of aliphatic hydroxyl groups is 1. The van der Waals surface area contributed by atoms with Gasteiger partial charge in [-0.2, -0.15) is 0 Å². The highest BCUT2D eigenvalue weighted by molar-refractivity contribution is 5.63. The molecular formula is C15H26N4O2. The van der Waals surface area contributed by atoms with Crippen LogP contribution in [-0.2, 0) is 0 Å². The van der Waals surface area contributed by atoms with Gasteiger partial charge in [0.15, 0.2) is 11.6 Å². The minimum absolute atomic E-state index is 0.0209. The molecule has 1 aliphatic rings. The molecular weight excluding hydrogens is 268 g/mol. The first-order valence-corrected chi connectivity index (χ1v) is 7.72. The molecule has 21 heavy (non-hydrogen) atoms. The lowest BCUT2D eigenvalue weighted by Crippen LogP contribution is -2.31. The number of nitrogens with zero attached hydrogens (tertiary/aromatic N) is 2. The van der Waals surface area contributed by atoms with Crippen LogP contribution in [0.15, 0.2) is 6.33 Å². The van der Waals surface area contributed by atoms with Gasteiger partial charge in [-0.1, -0.05) is 19.8 Å². The molecule has 0 aromatic carbocycles. The van der Waals surface area contributed by atoms with E-state index in [1.54, 1.807) is 7.11 Å². The second-order valence-electron chi connectivity index (χ2n) is 5.75. The molecule has 0 amide bonds. The Balaban J connectivity index is 2.08. The average molecular weight is 294 g/mol. The van der Waals surface area contributed by atoms with Gasteiger partial charge in [-0.25, -0.2) is 9.97 Å². The molecule has 0 unspecified atom stereocenters. The van der Waals surface area contributed by atoms with E-state index in [0.29, 0.717) is 23.9 Å². The third kappa shape index (κ3) is 3.75. The van der Waals surface area contributed by atoms with Crippen LogP contribution >= 0.6 is 0 Å². The van der Waals surface area contributed by atoms with Gasteiger partial charge in [-0.15, -0.1) is 0 Å². The van der Waals surface area contributed by atoms with Gasteiger partial charge in [0.05, 0.1) is 13.7 Å². The highest BCUT2D eigenvalue weighted by Crippen LogP contribution is 2.38. The summed E-state index contributed by atoms with van der Waals surface area (Å²) >= 11 is 0. The van der Waals surface area contributed by atoms with E-state index in [2.05, 4.69) is 27.5 Å². The van der Waals surface area contributed by atoms with Crippen LogP contribution in [0.4, 0.5) is 11.6 Å². The molecule has 1 heterocycles. The number of ether oxygens (including phenoxy) is 1. The zero-order valence-corrected chi connectivity index (χ0v) is 13.0. The summed E-state index contributed by atoms with van der Waals surface area (Å²) in [4.78, 5) is 8.50. The zero-order valence-electron chi connectivity index (χ0n) is 13.0. The predicted molar refractivity (Wildman–Crippen MR) is 83.8 cm³/mol. The summed E-state index contributed by atoms with van der Waals surface area (Å²) in [6.07, 6.45) is 7.04. The number of aliphatic hydroxyl groups excluding tert-OH is 1. The van der Waals surface area contributed by atoms with Crippen molar-refractivity contribution in [1.29, 1.82) is 0 Å². The number of methoxy groups -OCH3 is 1. The van der Waals surface area contributed by atoms with Crippen LogP contribution < -0.4 is 15.4 Å². The Kier molecular flexibility index (Phi) is 5.61. The summed E-state index contributed by atoms with van der Waals surface area (Å²) in [6.45, 7) is 3.87. The zero-order chi connectivity index (χ0) is 15.1. The van der Waals surface area contributed by atoms with Crippen LogP contribution in [0.1, 0.15) is 39.0 Å². The lowest BCUT2D eigenvalue weighted by Gasteiger charge is -2.27. The summed E-state index contributed by atoms with van der Waals surface area (Å²) < 4.78 is 5.44. The SMILES string of the molecule is CCCNc1ncnc(NCC2(CO)CCCC2)c1OC. The molecule has 0 atom stereocenters. The van der Waals surface area contributed by atoms with E-state index in [4.69, 9.17) is 4.74 Å². The lowest BCUT2D eigenvalue weighted by molar-refractivity contribution is 0.142. The maximum atomic E-state index is 9.68. The molecule has 1 fully saturated rings. The number of hydrogen-bond donors (Lipinski definition) is 3. The van der Waals surface area contributed by atoms with Crippen molar-refractivity contribution < 1.29 is 9.84 Å². The van der Waals surface area contributed by atoms with Crippen molar-refractivity contribution in [2.24, 2.45) is 5.41 Å². The summed E-state index contributed by atoms with van der Waals surface area (Å²) in [5.41, 5.74) is -0.0209. The molecule has 1 saturated carbocycles. The van der Waals surface area contributed by atoms with Crippen LogP contribution in [0.3, 0.4) is 0 Å². The van der Waals surface area contributed by atoms with Crippen molar-refractivity contribution >= 4 is 11.6 Å². The fourth-order valence-electron chi connectivity index (χ4n) is 2.85. The summed E-state index contributed by atoms with van der Waals surface area (Å²) in [5.74, 6) is 2.03. The molecule has 1 aliphatic carbocycles. The number of nitrogens with one attached hydrogen (secondary N) is 2. The Labute approximate surface area is 126 Å². The molecule has 6 heteroatoms. The fraction of sp³-hybridized carbons (Fsp3) is 0.733. The highest BCUT2D eigenvalue weighted by Gasteiger charge is 2.33.